The van der Waals surface area contributed by atoms with Gasteiger partial charge in [-0.3, -0.25) is 4.99 Å². The highest BCUT2D eigenvalue weighted by molar-refractivity contribution is 6.41. The zero-order valence-electron chi connectivity index (χ0n) is 16.7. The summed E-state index contributed by atoms with van der Waals surface area (Å²) < 4.78 is 7.21. The van der Waals surface area contributed by atoms with Crippen LogP contribution in [0.1, 0.15) is 30.4 Å². The zero-order valence-corrected chi connectivity index (χ0v) is 18.2. The lowest BCUT2D eigenvalue weighted by atomic mass is 10.1. The van der Waals surface area contributed by atoms with Crippen LogP contribution in [0.15, 0.2) is 39.8 Å². The Morgan fingerprint density at radius 1 is 1.21 bits per heavy atom. The maximum absolute atomic E-state index is 6.11. The topological polar surface area (TPSA) is 80.3 Å². The van der Waals surface area contributed by atoms with E-state index < -0.39 is 0 Å². The van der Waals surface area contributed by atoms with E-state index in [4.69, 9.17) is 27.7 Å². The normalized spacial score (nSPS) is 11.7. The predicted molar refractivity (Wildman–Crippen MR) is 116 cm³/mol. The van der Waals surface area contributed by atoms with Crippen molar-refractivity contribution in [3.05, 3.63) is 57.6 Å². The number of aliphatic imine (C=N–C) groups is 1. The van der Waals surface area contributed by atoms with Crippen molar-refractivity contribution in [2.75, 3.05) is 7.05 Å². The van der Waals surface area contributed by atoms with Crippen LogP contribution in [0.3, 0.4) is 0 Å². The molecule has 1 aromatic carbocycles. The quantitative estimate of drug-likeness (QED) is 0.430. The Morgan fingerprint density at radius 3 is 2.69 bits per heavy atom. The Hall–Kier alpha value is -2.51. The van der Waals surface area contributed by atoms with Gasteiger partial charge < -0.3 is 19.7 Å². The fourth-order valence-corrected chi connectivity index (χ4v) is 3.27. The molecule has 3 rings (SSSR count). The van der Waals surface area contributed by atoms with Crippen LogP contribution in [0.2, 0.25) is 10.2 Å². The molecule has 29 heavy (non-hydrogen) atoms. The number of rotatable bonds is 7. The van der Waals surface area contributed by atoms with Crippen molar-refractivity contribution in [1.82, 2.24) is 25.3 Å². The van der Waals surface area contributed by atoms with E-state index in [1.54, 1.807) is 7.05 Å². The van der Waals surface area contributed by atoms with Crippen LogP contribution in [-0.2, 0) is 26.6 Å². The number of nitrogens with zero attached hydrogens (tertiary/aromatic N) is 4. The van der Waals surface area contributed by atoms with E-state index in [9.17, 15) is 0 Å². The van der Waals surface area contributed by atoms with Gasteiger partial charge in [-0.05, 0) is 30.2 Å². The van der Waals surface area contributed by atoms with Gasteiger partial charge in [0.15, 0.2) is 11.8 Å². The van der Waals surface area contributed by atoms with E-state index in [2.05, 4.69) is 32.7 Å². The summed E-state index contributed by atoms with van der Waals surface area (Å²) in [4.78, 5) is 8.70. The Labute approximate surface area is 180 Å². The van der Waals surface area contributed by atoms with E-state index in [-0.39, 0.29) is 0 Å². The van der Waals surface area contributed by atoms with Crippen LogP contribution in [0.5, 0.6) is 0 Å². The third-order valence-corrected chi connectivity index (χ3v) is 5.29. The van der Waals surface area contributed by atoms with Gasteiger partial charge >= 0.3 is 0 Å². The number of hydrogen-bond donors (Lipinski definition) is 2. The second-order valence-electron chi connectivity index (χ2n) is 6.58. The van der Waals surface area contributed by atoms with Crippen molar-refractivity contribution >= 4 is 29.2 Å². The number of aromatic nitrogens is 3. The number of hydrogen-bond acceptors (Lipinski definition) is 4. The molecule has 0 radical (unpaired) electrons. The minimum atomic E-state index is 0.520. The van der Waals surface area contributed by atoms with Gasteiger partial charge in [0.2, 0.25) is 0 Å². The summed E-state index contributed by atoms with van der Waals surface area (Å²) in [5.41, 5.74) is 2.94. The third-order valence-electron chi connectivity index (χ3n) is 4.45. The minimum Gasteiger partial charge on any atom is -0.352 e. The first-order chi connectivity index (χ1) is 14.0. The first-order valence-corrected chi connectivity index (χ1v) is 10.1. The first-order valence-electron chi connectivity index (χ1n) is 9.37. The number of guanidine groups is 1. The smallest absolute Gasteiger partial charge is 0.257 e. The third kappa shape index (κ3) is 5.31. The number of aryl methyl sites for hydroxylation is 1. The molecule has 0 saturated heterocycles. The largest absolute Gasteiger partial charge is 0.352 e. The van der Waals surface area contributed by atoms with Crippen molar-refractivity contribution in [2.24, 2.45) is 12.0 Å². The van der Waals surface area contributed by atoms with Crippen molar-refractivity contribution in [3.63, 3.8) is 0 Å². The molecule has 0 aliphatic rings. The molecule has 0 saturated carbocycles. The molecule has 154 valence electrons. The molecule has 0 atom stereocenters. The molecule has 0 aliphatic heterocycles. The average molecular weight is 435 g/mol. The van der Waals surface area contributed by atoms with Crippen LogP contribution < -0.4 is 10.6 Å². The Kier molecular flexibility index (Phi) is 7.17. The van der Waals surface area contributed by atoms with Gasteiger partial charge in [0.05, 0.1) is 11.6 Å². The van der Waals surface area contributed by atoms with Gasteiger partial charge in [-0.2, -0.15) is 4.98 Å². The molecule has 3 aromatic rings. The SMILES string of the molecule is CCCc1noc(-c2cccc(CNC(=NC)NCc3cc(Cl)c(Cl)n3C)c2)n1. The highest BCUT2D eigenvalue weighted by atomic mass is 35.5. The fourth-order valence-electron chi connectivity index (χ4n) is 2.85. The van der Waals surface area contributed by atoms with E-state index in [1.807, 2.05) is 41.9 Å². The molecule has 9 heteroatoms. The number of nitrogens with one attached hydrogen (secondary N) is 2. The number of benzene rings is 1. The van der Waals surface area contributed by atoms with Gasteiger partial charge in [-0.1, -0.05) is 47.4 Å². The van der Waals surface area contributed by atoms with Crippen molar-refractivity contribution < 1.29 is 4.52 Å². The van der Waals surface area contributed by atoms with Gasteiger partial charge in [0.25, 0.3) is 5.89 Å². The molecule has 2 aromatic heterocycles. The molecule has 0 bridgehead atoms. The molecule has 0 unspecified atom stereocenters. The predicted octanol–water partition coefficient (Wildman–Crippen LogP) is 4.20. The van der Waals surface area contributed by atoms with Crippen molar-refractivity contribution in [1.29, 1.82) is 0 Å². The van der Waals surface area contributed by atoms with E-state index in [0.29, 0.717) is 35.1 Å². The van der Waals surface area contributed by atoms with E-state index in [0.717, 1.165) is 35.5 Å². The average Bonchev–Trinajstić information content (AvgIpc) is 3.29. The zero-order chi connectivity index (χ0) is 20.8. The maximum atomic E-state index is 6.11. The van der Waals surface area contributed by atoms with E-state index in [1.165, 1.54) is 0 Å². The second kappa shape index (κ2) is 9.80. The molecule has 0 aliphatic carbocycles. The van der Waals surface area contributed by atoms with Gasteiger partial charge in [-0.25, -0.2) is 0 Å². The molecule has 2 N–H and O–H groups in total. The van der Waals surface area contributed by atoms with Crippen LogP contribution >= 0.6 is 23.2 Å². The molecular formula is C20H24Cl2N6O. The molecule has 2 heterocycles. The van der Waals surface area contributed by atoms with Gasteiger partial charge in [-0.15, -0.1) is 0 Å². The standard InChI is InChI=1S/C20H24Cl2N6O/c1-4-6-17-26-19(29-27-17)14-8-5-7-13(9-14)11-24-20(23-2)25-12-15-10-16(21)18(22)28(15)3/h5,7-10H,4,6,11-12H2,1-3H3,(H2,23,24,25). The monoisotopic (exact) mass is 434 g/mol. The molecule has 0 amide bonds. The van der Waals surface area contributed by atoms with Crippen LogP contribution in [0.25, 0.3) is 11.5 Å². The lowest BCUT2D eigenvalue weighted by molar-refractivity contribution is 0.422. The summed E-state index contributed by atoms with van der Waals surface area (Å²) in [5.74, 6) is 1.94. The summed E-state index contributed by atoms with van der Waals surface area (Å²) in [6, 6.07) is 9.83. The molecule has 0 fully saturated rings. The molecule has 7 nitrogen and oxygen atoms in total. The summed E-state index contributed by atoms with van der Waals surface area (Å²) in [5, 5.41) is 11.6. The highest BCUT2D eigenvalue weighted by Crippen LogP contribution is 2.25. The van der Waals surface area contributed by atoms with Crippen LogP contribution in [-0.4, -0.2) is 27.7 Å². The van der Waals surface area contributed by atoms with Crippen molar-refractivity contribution in [2.45, 2.75) is 32.9 Å². The molecule has 0 spiro atoms. The Balaban J connectivity index is 1.60. The lowest BCUT2D eigenvalue weighted by Gasteiger charge is -2.13. The molecular weight excluding hydrogens is 411 g/mol. The fraction of sp³-hybridized carbons (Fsp3) is 0.350. The van der Waals surface area contributed by atoms with Gasteiger partial charge in [0, 0.05) is 38.3 Å². The lowest BCUT2D eigenvalue weighted by Crippen LogP contribution is -2.36. The van der Waals surface area contributed by atoms with Crippen LogP contribution in [0.4, 0.5) is 0 Å². The Bertz CT molecular complexity index is 995. The van der Waals surface area contributed by atoms with Crippen molar-refractivity contribution in [3.8, 4) is 11.5 Å². The summed E-state index contributed by atoms with van der Waals surface area (Å²) in [6.45, 7) is 3.23. The summed E-state index contributed by atoms with van der Waals surface area (Å²) in [7, 11) is 3.60. The Morgan fingerprint density at radius 2 is 2.00 bits per heavy atom. The maximum Gasteiger partial charge on any atom is 0.257 e. The summed E-state index contributed by atoms with van der Waals surface area (Å²) in [6.07, 6.45) is 1.79. The van der Waals surface area contributed by atoms with Gasteiger partial charge in [0.1, 0.15) is 5.15 Å². The number of halogens is 2. The summed E-state index contributed by atoms with van der Waals surface area (Å²) >= 11 is 12.2. The van der Waals surface area contributed by atoms with Crippen LogP contribution in [0, 0.1) is 0 Å². The first kappa shape index (κ1) is 21.2. The highest BCUT2D eigenvalue weighted by Gasteiger charge is 2.11. The minimum absolute atomic E-state index is 0.520. The van der Waals surface area contributed by atoms with E-state index >= 15 is 0 Å². The second-order valence-corrected chi connectivity index (χ2v) is 7.34.